The van der Waals surface area contributed by atoms with Crippen LogP contribution >= 0.6 is 0 Å². The maximum Gasteiger partial charge on any atom is 0.400 e. The molecule has 1 saturated heterocycles. The van der Waals surface area contributed by atoms with Gasteiger partial charge in [-0.15, -0.1) is 0 Å². The first kappa shape index (κ1) is 14.5. The van der Waals surface area contributed by atoms with Gasteiger partial charge in [0.2, 0.25) is 0 Å². The van der Waals surface area contributed by atoms with Crippen LogP contribution in [0.25, 0.3) is 0 Å². The minimum absolute atomic E-state index is 0.0410. The zero-order valence-electron chi connectivity index (χ0n) is 11.2. The predicted molar refractivity (Wildman–Crippen MR) is 72.8 cm³/mol. The number of oxime groups is 1. The van der Waals surface area contributed by atoms with Crippen LogP contribution in [0.2, 0.25) is 0 Å². The van der Waals surface area contributed by atoms with Crippen molar-refractivity contribution in [3.8, 4) is 0 Å². The van der Waals surface area contributed by atoms with E-state index in [0.717, 1.165) is 11.3 Å². The summed E-state index contributed by atoms with van der Waals surface area (Å²) in [5, 5.41) is 3.90. The summed E-state index contributed by atoms with van der Waals surface area (Å²) in [5.74, 6) is 0. The van der Waals surface area contributed by atoms with Gasteiger partial charge in [0.1, 0.15) is 12.7 Å². The Bertz CT molecular complexity index is 615. The minimum atomic E-state index is -3.87. The monoisotopic (exact) mass is 313 g/mol. The van der Waals surface area contributed by atoms with E-state index in [1.807, 2.05) is 30.3 Å². The van der Waals surface area contributed by atoms with Gasteiger partial charge in [0.15, 0.2) is 6.10 Å². The number of hydrogen-bond donors (Lipinski definition) is 0. The molecule has 2 atom stereocenters. The second-order valence-electron chi connectivity index (χ2n) is 4.81. The van der Waals surface area contributed by atoms with Gasteiger partial charge in [-0.25, -0.2) is 8.37 Å². The molecule has 0 amide bonds. The average molecular weight is 313 g/mol. The Balaban J connectivity index is 1.43. The number of ether oxygens (including phenoxy) is 1. The Labute approximate surface area is 122 Å². The Hall–Kier alpha value is -1.48. The molecule has 2 aliphatic rings. The molecular weight excluding hydrogens is 298 g/mol. The second kappa shape index (κ2) is 6.10. The molecule has 0 bridgehead atoms. The van der Waals surface area contributed by atoms with Crippen LogP contribution in [0, 0.1) is 0 Å². The summed E-state index contributed by atoms with van der Waals surface area (Å²) in [5.41, 5.74) is 1.80. The number of nitrogens with zero attached hydrogens (tertiary/aromatic N) is 1. The quantitative estimate of drug-likeness (QED) is 0.806. The third kappa shape index (κ3) is 3.79. The summed E-state index contributed by atoms with van der Waals surface area (Å²) in [4.78, 5) is 5.18. The highest BCUT2D eigenvalue weighted by molar-refractivity contribution is 7.82. The van der Waals surface area contributed by atoms with Gasteiger partial charge in [0.25, 0.3) is 0 Å². The molecular formula is C13H15NO6S. The summed E-state index contributed by atoms with van der Waals surface area (Å²) < 4.78 is 36.9. The van der Waals surface area contributed by atoms with Crippen LogP contribution in [0.1, 0.15) is 12.0 Å². The molecule has 7 nitrogen and oxygen atoms in total. The molecule has 0 aromatic heterocycles. The lowest BCUT2D eigenvalue weighted by Gasteiger charge is -2.11. The van der Waals surface area contributed by atoms with Crippen molar-refractivity contribution in [1.82, 2.24) is 0 Å². The first-order chi connectivity index (χ1) is 10.1. The largest absolute Gasteiger partial charge is 0.400 e. The predicted octanol–water partition coefficient (Wildman–Crippen LogP) is 1.01. The summed E-state index contributed by atoms with van der Waals surface area (Å²) in [6.07, 6.45) is -0.624. The molecule has 2 aliphatic heterocycles. The van der Waals surface area contributed by atoms with Crippen LogP contribution in [-0.4, -0.2) is 39.6 Å². The van der Waals surface area contributed by atoms with Gasteiger partial charge in [-0.3, -0.25) is 0 Å². The van der Waals surface area contributed by atoms with Crippen molar-refractivity contribution in [2.24, 2.45) is 5.16 Å². The van der Waals surface area contributed by atoms with Gasteiger partial charge in [-0.05, 0) is 5.56 Å². The van der Waals surface area contributed by atoms with Gasteiger partial charge < -0.3 is 9.57 Å². The first-order valence-electron chi connectivity index (χ1n) is 6.53. The second-order valence-corrected chi connectivity index (χ2v) is 6.06. The van der Waals surface area contributed by atoms with Gasteiger partial charge in [0, 0.05) is 6.42 Å². The van der Waals surface area contributed by atoms with Crippen molar-refractivity contribution in [2.45, 2.75) is 25.2 Å². The van der Waals surface area contributed by atoms with Crippen LogP contribution in [0.15, 0.2) is 35.5 Å². The van der Waals surface area contributed by atoms with Crippen molar-refractivity contribution in [2.75, 3.05) is 13.2 Å². The fraction of sp³-hybridized carbons (Fsp3) is 0.462. The van der Waals surface area contributed by atoms with Crippen molar-refractivity contribution in [1.29, 1.82) is 0 Å². The average Bonchev–Trinajstić information content (AvgIpc) is 3.06. The molecule has 0 N–H and O–H groups in total. The molecule has 0 radical (unpaired) electrons. The Morgan fingerprint density at radius 1 is 1.19 bits per heavy atom. The highest BCUT2D eigenvalue weighted by atomic mass is 32.3. The SMILES string of the molecule is O=S1(=O)OC[C@H]([C@H]2CC(COCc3ccccc3)=NO2)O1. The van der Waals surface area contributed by atoms with Gasteiger partial charge in [-0.1, -0.05) is 35.5 Å². The summed E-state index contributed by atoms with van der Waals surface area (Å²) in [6, 6.07) is 9.79. The van der Waals surface area contributed by atoms with Crippen molar-refractivity contribution in [3.63, 3.8) is 0 Å². The topological polar surface area (TPSA) is 83.4 Å². The molecule has 1 fully saturated rings. The summed E-state index contributed by atoms with van der Waals surface area (Å²) >= 11 is 0. The zero-order valence-corrected chi connectivity index (χ0v) is 12.0. The van der Waals surface area contributed by atoms with Crippen LogP contribution in [0.3, 0.4) is 0 Å². The number of benzene rings is 1. The van der Waals surface area contributed by atoms with Gasteiger partial charge >= 0.3 is 10.4 Å². The highest BCUT2D eigenvalue weighted by Gasteiger charge is 2.40. The van der Waals surface area contributed by atoms with E-state index in [2.05, 4.69) is 9.34 Å². The maximum absolute atomic E-state index is 11.0. The van der Waals surface area contributed by atoms with E-state index in [-0.39, 0.29) is 6.61 Å². The lowest BCUT2D eigenvalue weighted by atomic mass is 10.1. The molecule has 0 saturated carbocycles. The van der Waals surface area contributed by atoms with E-state index >= 15 is 0 Å². The first-order valence-corrected chi connectivity index (χ1v) is 7.86. The lowest BCUT2D eigenvalue weighted by Crippen LogP contribution is -2.29. The molecule has 0 aliphatic carbocycles. The lowest BCUT2D eigenvalue weighted by molar-refractivity contribution is 0.00515. The normalized spacial score (nSPS) is 27.3. The number of rotatable bonds is 5. The Morgan fingerprint density at radius 3 is 2.71 bits per heavy atom. The molecule has 3 rings (SSSR count). The maximum atomic E-state index is 11.0. The molecule has 114 valence electrons. The fourth-order valence-electron chi connectivity index (χ4n) is 2.12. The van der Waals surface area contributed by atoms with Crippen LogP contribution < -0.4 is 0 Å². The minimum Gasteiger partial charge on any atom is -0.389 e. The highest BCUT2D eigenvalue weighted by Crippen LogP contribution is 2.23. The van der Waals surface area contributed by atoms with Crippen LogP contribution in [0.4, 0.5) is 0 Å². The van der Waals surface area contributed by atoms with Crippen LogP contribution in [0.5, 0.6) is 0 Å². The third-order valence-corrected chi connectivity index (χ3v) is 4.07. The molecule has 1 aromatic rings. The summed E-state index contributed by atoms with van der Waals surface area (Å²) in [6.45, 7) is 0.786. The standard InChI is InChI=1S/C13H15NO6S/c15-21(16)18-9-13(20-21)12-6-11(14-19-12)8-17-7-10-4-2-1-3-5-10/h1-5,12-13H,6-9H2/t12-,13-/m1/s1. The van der Waals surface area contributed by atoms with E-state index in [1.165, 1.54) is 0 Å². The van der Waals surface area contributed by atoms with Gasteiger partial charge in [-0.2, -0.15) is 8.42 Å². The van der Waals surface area contributed by atoms with E-state index < -0.39 is 22.6 Å². The Kier molecular flexibility index (Phi) is 4.20. The summed E-state index contributed by atoms with van der Waals surface area (Å²) in [7, 11) is -3.87. The zero-order chi connectivity index (χ0) is 14.7. The molecule has 21 heavy (non-hydrogen) atoms. The number of hydrogen-bond acceptors (Lipinski definition) is 7. The van der Waals surface area contributed by atoms with Crippen molar-refractivity contribution in [3.05, 3.63) is 35.9 Å². The molecule has 0 unspecified atom stereocenters. The van der Waals surface area contributed by atoms with E-state index in [9.17, 15) is 8.42 Å². The van der Waals surface area contributed by atoms with E-state index in [1.54, 1.807) is 0 Å². The molecule has 2 heterocycles. The smallest absolute Gasteiger partial charge is 0.389 e. The van der Waals surface area contributed by atoms with E-state index in [4.69, 9.17) is 13.8 Å². The van der Waals surface area contributed by atoms with Crippen molar-refractivity contribution < 1.29 is 26.4 Å². The van der Waals surface area contributed by atoms with Crippen LogP contribution in [-0.2, 0) is 34.9 Å². The fourth-order valence-corrected chi connectivity index (χ4v) is 2.96. The molecule has 0 spiro atoms. The van der Waals surface area contributed by atoms with E-state index in [0.29, 0.717) is 19.6 Å². The Morgan fingerprint density at radius 2 is 2.00 bits per heavy atom. The van der Waals surface area contributed by atoms with Gasteiger partial charge in [0.05, 0.1) is 18.9 Å². The molecule has 8 heteroatoms. The van der Waals surface area contributed by atoms with Crippen molar-refractivity contribution >= 4 is 16.1 Å². The third-order valence-electron chi connectivity index (χ3n) is 3.17. The molecule has 1 aromatic carbocycles.